The van der Waals surface area contributed by atoms with Crippen LogP contribution in [0.3, 0.4) is 0 Å². The number of benzene rings is 2. The minimum atomic E-state index is -0.654. The highest BCUT2D eigenvalue weighted by Crippen LogP contribution is 2.38. The van der Waals surface area contributed by atoms with E-state index in [1.807, 2.05) is 24.3 Å². The number of ether oxygens (including phenoxy) is 1. The van der Waals surface area contributed by atoms with E-state index in [1.165, 1.54) is 0 Å². The fourth-order valence-corrected chi connectivity index (χ4v) is 3.86. The zero-order valence-electron chi connectivity index (χ0n) is 17.6. The maximum absolute atomic E-state index is 13.4. The Balaban J connectivity index is 1.72. The fourth-order valence-electron chi connectivity index (χ4n) is 3.73. The molecule has 1 amide bonds. The summed E-state index contributed by atoms with van der Waals surface area (Å²) in [5.74, 6) is 0.930. The van der Waals surface area contributed by atoms with Crippen LogP contribution in [0, 0.1) is 5.92 Å². The van der Waals surface area contributed by atoms with Gasteiger partial charge in [0.1, 0.15) is 11.7 Å². The number of aryl methyl sites for hydroxylation is 1. The first-order valence-electron chi connectivity index (χ1n) is 10.2. The van der Waals surface area contributed by atoms with Crippen LogP contribution in [0.25, 0.3) is 0 Å². The summed E-state index contributed by atoms with van der Waals surface area (Å²) in [6.07, 6.45) is 1.08. The van der Waals surface area contributed by atoms with E-state index in [9.17, 15) is 4.79 Å². The summed E-state index contributed by atoms with van der Waals surface area (Å²) in [6, 6.07) is 14.0. The Hall–Kier alpha value is -3.36. The molecule has 0 spiro atoms. The highest BCUT2D eigenvalue weighted by atomic mass is 35.5. The first-order valence-corrected chi connectivity index (χ1v) is 10.6. The summed E-state index contributed by atoms with van der Waals surface area (Å²) in [7, 11) is 1.60. The standard InChI is InChI=1S/C23H24ClN5O3/c1-14-20(22(31)26-17-9-7-16(24)8-10-17)21(15-5-11-18(32-2)12-6-15)29-23(25-14)27-19(28-29)4-3-13-30/h5-12,20-21,30H,1,3-4,13H2,2H3,(H,26,31)(H,25,27,28)/t20-,21-/m1/s1. The second-order valence-electron chi connectivity index (χ2n) is 7.47. The van der Waals surface area contributed by atoms with Gasteiger partial charge in [-0.3, -0.25) is 4.79 Å². The van der Waals surface area contributed by atoms with Gasteiger partial charge in [0.15, 0.2) is 5.82 Å². The topological polar surface area (TPSA) is 101 Å². The molecule has 32 heavy (non-hydrogen) atoms. The lowest BCUT2D eigenvalue weighted by atomic mass is 9.88. The number of rotatable bonds is 7. The number of hydrogen-bond acceptors (Lipinski definition) is 6. The number of hydrogen-bond donors (Lipinski definition) is 3. The molecule has 0 saturated carbocycles. The maximum Gasteiger partial charge on any atom is 0.235 e. The number of carbonyl (C=O) groups is 1. The summed E-state index contributed by atoms with van der Waals surface area (Å²) in [4.78, 5) is 17.9. The Kier molecular flexibility index (Phi) is 6.43. The van der Waals surface area contributed by atoms with E-state index in [0.29, 0.717) is 46.8 Å². The molecule has 0 radical (unpaired) electrons. The minimum absolute atomic E-state index is 0.0536. The van der Waals surface area contributed by atoms with Crippen molar-refractivity contribution in [1.82, 2.24) is 14.8 Å². The van der Waals surface area contributed by atoms with Gasteiger partial charge >= 0.3 is 0 Å². The molecule has 0 aliphatic carbocycles. The lowest BCUT2D eigenvalue weighted by molar-refractivity contribution is -0.119. The molecule has 8 nitrogen and oxygen atoms in total. The number of fused-ring (bicyclic) bond motifs is 1. The number of halogens is 1. The predicted octanol–water partition coefficient (Wildman–Crippen LogP) is 3.65. The van der Waals surface area contributed by atoms with Crippen molar-refractivity contribution in [2.45, 2.75) is 18.9 Å². The quantitative estimate of drug-likeness (QED) is 0.504. The fraction of sp³-hybridized carbons (Fsp3) is 0.261. The Morgan fingerprint density at radius 3 is 2.62 bits per heavy atom. The molecule has 166 valence electrons. The van der Waals surface area contributed by atoms with E-state index in [1.54, 1.807) is 36.1 Å². The highest BCUT2D eigenvalue weighted by Gasteiger charge is 2.40. The average Bonchev–Trinajstić information content (AvgIpc) is 3.20. The van der Waals surface area contributed by atoms with Crippen LogP contribution in [0.2, 0.25) is 5.02 Å². The van der Waals surface area contributed by atoms with Gasteiger partial charge in [0.05, 0.1) is 13.2 Å². The number of anilines is 2. The van der Waals surface area contributed by atoms with Crippen LogP contribution in [0.15, 0.2) is 60.8 Å². The molecule has 2 atom stereocenters. The van der Waals surface area contributed by atoms with Gasteiger partial charge in [-0.05, 0) is 48.4 Å². The van der Waals surface area contributed by atoms with Crippen molar-refractivity contribution in [1.29, 1.82) is 0 Å². The summed E-state index contributed by atoms with van der Waals surface area (Å²) >= 11 is 5.96. The van der Waals surface area contributed by atoms with Gasteiger partial charge in [-0.1, -0.05) is 30.3 Å². The second kappa shape index (κ2) is 9.42. The van der Waals surface area contributed by atoms with Crippen molar-refractivity contribution in [3.05, 3.63) is 77.2 Å². The summed E-state index contributed by atoms with van der Waals surface area (Å²) in [5, 5.41) is 20.5. The van der Waals surface area contributed by atoms with Crippen LogP contribution in [-0.2, 0) is 11.2 Å². The number of aliphatic hydroxyl groups excluding tert-OH is 1. The smallest absolute Gasteiger partial charge is 0.235 e. The van der Waals surface area contributed by atoms with E-state index in [4.69, 9.17) is 21.4 Å². The summed E-state index contributed by atoms with van der Waals surface area (Å²) in [5.41, 5.74) is 2.02. The Labute approximate surface area is 190 Å². The third-order valence-corrected chi connectivity index (χ3v) is 5.56. The number of methoxy groups -OCH3 is 1. The predicted molar refractivity (Wildman–Crippen MR) is 123 cm³/mol. The van der Waals surface area contributed by atoms with E-state index in [2.05, 4.69) is 27.3 Å². The molecule has 0 unspecified atom stereocenters. The van der Waals surface area contributed by atoms with Gasteiger partial charge in [0, 0.05) is 29.4 Å². The third kappa shape index (κ3) is 4.46. The zero-order valence-corrected chi connectivity index (χ0v) is 18.3. The molecule has 1 aliphatic rings. The SMILES string of the molecule is C=C1Nc2nc(CCCO)nn2[C@H](c2ccc(OC)cc2)[C@@H]1C(=O)Nc1ccc(Cl)cc1. The maximum atomic E-state index is 13.4. The molecule has 1 aliphatic heterocycles. The number of nitrogens with zero attached hydrogens (tertiary/aromatic N) is 3. The van der Waals surface area contributed by atoms with Gasteiger partial charge in [-0.25, -0.2) is 4.68 Å². The molecule has 0 bridgehead atoms. The Morgan fingerprint density at radius 1 is 1.25 bits per heavy atom. The van der Waals surface area contributed by atoms with Crippen LogP contribution in [0.5, 0.6) is 5.75 Å². The van der Waals surface area contributed by atoms with E-state index in [0.717, 1.165) is 5.56 Å². The molecule has 1 aromatic heterocycles. The van der Waals surface area contributed by atoms with Gasteiger partial charge in [0.2, 0.25) is 11.9 Å². The van der Waals surface area contributed by atoms with Crippen LogP contribution in [-0.4, -0.2) is 39.5 Å². The molecule has 9 heteroatoms. The van der Waals surface area contributed by atoms with Crippen LogP contribution < -0.4 is 15.4 Å². The first-order chi connectivity index (χ1) is 15.5. The lowest BCUT2D eigenvalue weighted by Crippen LogP contribution is -2.39. The third-order valence-electron chi connectivity index (χ3n) is 5.31. The van der Waals surface area contributed by atoms with Crippen molar-refractivity contribution in [2.24, 2.45) is 5.92 Å². The van der Waals surface area contributed by atoms with Gasteiger partial charge in [0.25, 0.3) is 0 Å². The molecule has 2 aromatic carbocycles. The number of nitrogens with one attached hydrogen (secondary N) is 2. The zero-order chi connectivity index (χ0) is 22.7. The van der Waals surface area contributed by atoms with Crippen LogP contribution in [0.4, 0.5) is 11.6 Å². The highest BCUT2D eigenvalue weighted by molar-refractivity contribution is 6.30. The summed E-state index contributed by atoms with van der Waals surface area (Å²) < 4.78 is 7.00. The minimum Gasteiger partial charge on any atom is -0.497 e. The van der Waals surface area contributed by atoms with Gasteiger partial charge in [-0.2, -0.15) is 10.1 Å². The monoisotopic (exact) mass is 453 g/mol. The van der Waals surface area contributed by atoms with Gasteiger partial charge in [-0.15, -0.1) is 0 Å². The number of amides is 1. The van der Waals surface area contributed by atoms with Crippen molar-refractivity contribution in [3.63, 3.8) is 0 Å². The van der Waals surface area contributed by atoms with E-state index in [-0.39, 0.29) is 12.5 Å². The van der Waals surface area contributed by atoms with E-state index >= 15 is 0 Å². The summed E-state index contributed by atoms with van der Waals surface area (Å²) in [6.45, 7) is 4.17. The molecule has 4 rings (SSSR count). The number of aromatic nitrogens is 3. The molecule has 3 N–H and O–H groups in total. The van der Waals surface area contributed by atoms with Crippen LogP contribution >= 0.6 is 11.6 Å². The van der Waals surface area contributed by atoms with Crippen LogP contribution in [0.1, 0.15) is 23.9 Å². The molecular weight excluding hydrogens is 430 g/mol. The van der Waals surface area contributed by atoms with Crippen molar-refractivity contribution < 1.29 is 14.6 Å². The molecule has 2 heterocycles. The molecular formula is C23H24ClN5O3. The Bertz CT molecular complexity index is 1110. The Morgan fingerprint density at radius 2 is 1.97 bits per heavy atom. The molecule has 3 aromatic rings. The van der Waals surface area contributed by atoms with Gasteiger partial charge < -0.3 is 20.5 Å². The lowest BCUT2D eigenvalue weighted by Gasteiger charge is -2.33. The first kappa shape index (κ1) is 21.9. The molecule has 0 saturated heterocycles. The second-order valence-corrected chi connectivity index (χ2v) is 7.90. The van der Waals surface area contributed by atoms with Crippen molar-refractivity contribution in [2.75, 3.05) is 24.4 Å². The van der Waals surface area contributed by atoms with E-state index < -0.39 is 12.0 Å². The average molecular weight is 454 g/mol. The van der Waals surface area contributed by atoms with Crippen molar-refractivity contribution in [3.8, 4) is 5.75 Å². The largest absolute Gasteiger partial charge is 0.497 e. The number of aliphatic hydroxyl groups is 1. The van der Waals surface area contributed by atoms with Crippen molar-refractivity contribution >= 4 is 29.1 Å². The normalized spacial score (nSPS) is 17.4. The molecule has 0 fully saturated rings. The number of carbonyl (C=O) groups excluding carboxylic acids is 1.